The highest BCUT2D eigenvalue weighted by molar-refractivity contribution is 7.99. The lowest BCUT2D eigenvalue weighted by molar-refractivity contribution is -0.155. The second kappa shape index (κ2) is 9.74. The predicted octanol–water partition coefficient (Wildman–Crippen LogP) is 2.06. The van der Waals surface area contributed by atoms with Gasteiger partial charge in [0.2, 0.25) is 11.7 Å². The number of phenolic OH excluding ortho intramolecular Hbond substituents is 1. The van der Waals surface area contributed by atoms with Crippen LogP contribution in [0.2, 0.25) is 0 Å². The summed E-state index contributed by atoms with van der Waals surface area (Å²) in [6.07, 6.45) is -4.75. The third-order valence-electron chi connectivity index (χ3n) is 4.00. The first-order valence-corrected chi connectivity index (χ1v) is 10.0. The molecule has 0 spiro atoms. The normalized spacial score (nSPS) is 11.2. The topological polar surface area (TPSA) is 185 Å². The van der Waals surface area contributed by atoms with Gasteiger partial charge in [-0.25, -0.2) is 4.98 Å². The highest BCUT2D eigenvalue weighted by atomic mass is 32.2. The van der Waals surface area contributed by atoms with E-state index in [4.69, 9.17) is 10.5 Å². The Morgan fingerprint density at radius 1 is 1.29 bits per heavy atom. The van der Waals surface area contributed by atoms with Gasteiger partial charge in [0.05, 0.1) is 12.9 Å². The number of carbonyl (C=O) groups excluding carboxylic acids is 2. The van der Waals surface area contributed by atoms with E-state index in [1.54, 1.807) is 0 Å². The zero-order valence-electron chi connectivity index (χ0n) is 17.0. The van der Waals surface area contributed by atoms with Crippen LogP contribution in [-0.4, -0.2) is 44.9 Å². The van der Waals surface area contributed by atoms with Crippen LogP contribution >= 0.6 is 11.8 Å². The number of halogens is 3. The number of amides is 2. The van der Waals surface area contributed by atoms with Crippen molar-refractivity contribution >= 4 is 40.9 Å². The predicted molar refractivity (Wildman–Crippen MR) is 113 cm³/mol. The zero-order chi connectivity index (χ0) is 25.0. The van der Waals surface area contributed by atoms with E-state index in [0.29, 0.717) is 6.07 Å². The van der Waals surface area contributed by atoms with E-state index in [0.717, 1.165) is 11.8 Å². The maximum Gasteiger partial charge on any atom is 0.452 e. The van der Waals surface area contributed by atoms with Crippen molar-refractivity contribution < 1.29 is 37.1 Å². The summed E-state index contributed by atoms with van der Waals surface area (Å²) in [7, 11) is 1.30. The van der Waals surface area contributed by atoms with Crippen molar-refractivity contribution in [2.75, 3.05) is 29.2 Å². The van der Waals surface area contributed by atoms with Crippen LogP contribution in [0.5, 0.6) is 11.5 Å². The van der Waals surface area contributed by atoms with Gasteiger partial charge in [-0.15, -0.1) is 0 Å². The van der Waals surface area contributed by atoms with Crippen LogP contribution in [0.3, 0.4) is 0 Å². The number of ether oxygens (including phenoxy) is 1. The number of H-pyrrole nitrogens is 1. The number of alkyl halides is 3. The molecular weight excluding hydrogens is 485 g/mol. The number of phenols is 1. The maximum absolute atomic E-state index is 12.5. The third kappa shape index (κ3) is 5.77. The number of methoxy groups -OCH3 is 1. The average molecular weight is 500 g/mol. The molecule has 0 radical (unpaired) electrons. The molecular formula is C18H15F3N6O6S. The van der Waals surface area contributed by atoms with Crippen molar-refractivity contribution in [2.45, 2.75) is 11.3 Å². The molecule has 34 heavy (non-hydrogen) atoms. The molecule has 2 amide bonds. The fourth-order valence-electron chi connectivity index (χ4n) is 2.44. The Hall–Kier alpha value is -4.21. The van der Waals surface area contributed by atoms with Gasteiger partial charge < -0.3 is 30.7 Å². The lowest BCUT2D eigenvalue weighted by atomic mass is 10.2. The number of rotatable bonds is 7. The number of carbonyl (C=O) groups is 2. The van der Waals surface area contributed by atoms with Gasteiger partial charge in [-0.3, -0.25) is 19.4 Å². The lowest BCUT2D eigenvalue weighted by Crippen LogP contribution is -2.23. The summed E-state index contributed by atoms with van der Waals surface area (Å²) in [5, 5.41) is 17.0. The van der Waals surface area contributed by atoms with E-state index in [-0.39, 0.29) is 39.5 Å². The Kier molecular flexibility index (Phi) is 7.00. The Morgan fingerprint density at radius 3 is 2.65 bits per heavy atom. The van der Waals surface area contributed by atoms with E-state index in [2.05, 4.69) is 30.3 Å². The maximum atomic E-state index is 12.5. The summed E-state index contributed by atoms with van der Waals surface area (Å²) >= 11 is 0.723. The van der Waals surface area contributed by atoms with E-state index in [1.165, 1.54) is 25.3 Å². The average Bonchev–Trinajstić information content (AvgIpc) is 3.24. The van der Waals surface area contributed by atoms with E-state index >= 15 is 0 Å². The van der Waals surface area contributed by atoms with Gasteiger partial charge in [0, 0.05) is 11.6 Å². The van der Waals surface area contributed by atoms with E-state index in [1.807, 2.05) is 0 Å². The van der Waals surface area contributed by atoms with Crippen LogP contribution in [0.15, 0.2) is 38.7 Å². The quantitative estimate of drug-likeness (QED) is 0.237. The fourth-order valence-corrected chi connectivity index (χ4v) is 3.11. The smallest absolute Gasteiger partial charge is 0.452 e. The van der Waals surface area contributed by atoms with Crippen LogP contribution < -0.4 is 26.7 Å². The van der Waals surface area contributed by atoms with Gasteiger partial charge in [0.1, 0.15) is 5.69 Å². The summed E-state index contributed by atoms with van der Waals surface area (Å²) in [6, 6.07) is 4.29. The molecule has 0 unspecified atom stereocenters. The minimum absolute atomic E-state index is 0.0398. The van der Waals surface area contributed by atoms with Crippen molar-refractivity contribution in [1.82, 2.24) is 15.1 Å². The molecule has 16 heteroatoms. The molecule has 3 aromatic rings. The summed E-state index contributed by atoms with van der Waals surface area (Å²) in [5.74, 6) is -4.17. The van der Waals surface area contributed by atoms with Gasteiger partial charge in [-0.05, 0) is 18.2 Å². The molecule has 0 aliphatic heterocycles. The zero-order valence-corrected chi connectivity index (χ0v) is 17.8. The molecule has 180 valence electrons. The standard InChI is InChI=1S/C18H15F3N6O6S/c1-32-9-4-7(2-3-8(9)28)15(30)24-13-14(22)25-17(26-16(13)31)34-6-12(29)23-11-5-10(33-27-11)18(19,20)21/h2-5,28H,6H2,1H3,(H,24,30)(H,23,27,29)(H3,22,25,26,31). The first kappa shape index (κ1) is 24.4. The van der Waals surface area contributed by atoms with Crippen LogP contribution in [0.1, 0.15) is 16.1 Å². The molecule has 0 bridgehead atoms. The molecule has 3 rings (SSSR count). The van der Waals surface area contributed by atoms with Crippen LogP contribution in [0.25, 0.3) is 0 Å². The second-order valence-corrected chi connectivity index (χ2v) is 7.35. The Bertz CT molecular complexity index is 1290. The van der Waals surface area contributed by atoms with Crippen molar-refractivity contribution in [3.8, 4) is 11.5 Å². The summed E-state index contributed by atoms with van der Waals surface area (Å²) in [4.78, 5) is 42.9. The third-order valence-corrected chi connectivity index (χ3v) is 4.88. The van der Waals surface area contributed by atoms with Crippen LogP contribution in [-0.2, 0) is 11.0 Å². The largest absolute Gasteiger partial charge is 0.504 e. The molecule has 2 aromatic heterocycles. The number of aromatic amines is 1. The van der Waals surface area contributed by atoms with E-state index in [9.17, 15) is 32.7 Å². The number of nitrogen functional groups attached to an aromatic ring is 1. The number of hydrogen-bond acceptors (Lipinski definition) is 10. The van der Waals surface area contributed by atoms with Gasteiger partial charge in [-0.1, -0.05) is 16.9 Å². The number of thioether (sulfide) groups is 1. The number of nitrogens with one attached hydrogen (secondary N) is 3. The highest BCUT2D eigenvalue weighted by Gasteiger charge is 2.36. The van der Waals surface area contributed by atoms with Crippen molar-refractivity contribution in [3.05, 3.63) is 45.9 Å². The van der Waals surface area contributed by atoms with Gasteiger partial charge in [0.15, 0.2) is 28.3 Å². The number of nitrogens with two attached hydrogens (primary N) is 1. The number of nitrogens with zero attached hydrogens (tertiary/aromatic N) is 2. The first-order valence-electron chi connectivity index (χ1n) is 9.02. The summed E-state index contributed by atoms with van der Waals surface area (Å²) in [6.45, 7) is 0. The number of aromatic nitrogens is 3. The molecule has 0 saturated carbocycles. The number of anilines is 3. The fraction of sp³-hybridized carbons (Fsp3) is 0.167. The molecule has 0 atom stereocenters. The molecule has 0 aliphatic carbocycles. The minimum Gasteiger partial charge on any atom is -0.504 e. The monoisotopic (exact) mass is 500 g/mol. The molecule has 0 aliphatic rings. The highest BCUT2D eigenvalue weighted by Crippen LogP contribution is 2.31. The Labute approximate surface area is 191 Å². The van der Waals surface area contributed by atoms with Crippen molar-refractivity contribution in [1.29, 1.82) is 0 Å². The molecule has 6 N–H and O–H groups in total. The Morgan fingerprint density at radius 2 is 2.03 bits per heavy atom. The molecule has 1 aromatic carbocycles. The number of aromatic hydroxyl groups is 1. The number of benzene rings is 1. The number of hydrogen-bond donors (Lipinski definition) is 5. The van der Waals surface area contributed by atoms with Gasteiger partial charge >= 0.3 is 6.18 Å². The van der Waals surface area contributed by atoms with Gasteiger partial charge in [-0.2, -0.15) is 13.2 Å². The van der Waals surface area contributed by atoms with Gasteiger partial charge in [0.25, 0.3) is 11.5 Å². The summed E-state index contributed by atoms with van der Waals surface area (Å²) < 4.78 is 46.5. The van der Waals surface area contributed by atoms with E-state index < -0.39 is 35.1 Å². The molecule has 12 nitrogen and oxygen atoms in total. The SMILES string of the molecule is COc1cc(C(=O)Nc2c(N)nc(SCC(=O)Nc3cc(C(F)(F)F)on3)[nH]c2=O)ccc1O. The second-order valence-electron chi connectivity index (χ2n) is 6.38. The molecule has 2 heterocycles. The molecule has 0 fully saturated rings. The minimum atomic E-state index is -4.75. The lowest BCUT2D eigenvalue weighted by Gasteiger charge is -2.10. The summed E-state index contributed by atoms with van der Waals surface area (Å²) in [5.41, 5.74) is 4.64. The van der Waals surface area contributed by atoms with Crippen LogP contribution in [0.4, 0.5) is 30.5 Å². The van der Waals surface area contributed by atoms with Crippen molar-refractivity contribution in [3.63, 3.8) is 0 Å². The van der Waals surface area contributed by atoms with Crippen molar-refractivity contribution in [2.24, 2.45) is 0 Å². The first-order chi connectivity index (χ1) is 16.0. The molecule has 0 saturated heterocycles. The van der Waals surface area contributed by atoms with Crippen LogP contribution in [0, 0.1) is 0 Å². The Balaban J connectivity index is 1.64.